The Hall–Kier alpha value is -2.62. The van der Waals surface area contributed by atoms with Crippen molar-refractivity contribution in [3.05, 3.63) is 49.9 Å². The number of aromatic amines is 1. The van der Waals surface area contributed by atoms with Crippen LogP contribution in [0.5, 0.6) is 0 Å². The fourth-order valence-electron chi connectivity index (χ4n) is 5.22. The Balaban J connectivity index is 1.80. The number of nitrogens with zero attached hydrogens (tertiary/aromatic N) is 6. The van der Waals surface area contributed by atoms with E-state index in [0.717, 1.165) is 0 Å². The lowest BCUT2D eigenvalue weighted by Crippen LogP contribution is -2.49. The van der Waals surface area contributed by atoms with Crippen LogP contribution in [0.2, 0.25) is 0 Å². The predicted molar refractivity (Wildman–Crippen MR) is 141 cm³/mol. The molecule has 2 aliphatic heterocycles. The summed E-state index contributed by atoms with van der Waals surface area (Å²) in [5.74, 6) is 0.789. The Kier molecular flexibility index (Phi) is 8.40. The molecule has 0 spiro atoms. The van der Waals surface area contributed by atoms with Crippen LogP contribution in [0, 0.1) is 20.4 Å². The molecule has 5 atom stereocenters. The van der Waals surface area contributed by atoms with E-state index in [1.807, 2.05) is 11.8 Å². The van der Waals surface area contributed by atoms with Gasteiger partial charge in [-0.2, -0.15) is 4.98 Å². The number of aryl methyl sites for hydroxylation is 2. The third kappa shape index (κ3) is 5.16. The first kappa shape index (κ1) is 28.4. The molecule has 208 valence electrons. The number of morpholine rings is 1. The van der Waals surface area contributed by atoms with Crippen LogP contribution in [0.4, 0.5) is 5.95 Å². The molecular formula is C24H36N7O6P. The monoisotopic (exact) mass is 549 g/mol. The van der Waals surface area contributed by atoms with Gasteiger partial charge < -0.3 is 28.1 Å². The van der Waals surface area contributed by atoms with Crippen molar-refractivity contribution in [2.45, 2.75) is 90.9 Å². The highest BCUT2D eigenvalue weighted by Crippen LogP contribution is 2.57. The van der Waals surface area contributed by atoms with Crippen molar-refractivity contribution >= 4 is 14.5 Å². The van der Waals surface area contributed by atoms with Gasteiger partial charge in [-0.25, -0.2) is 16.0 Å². The van der Waals surface area contributed by atoms with Crippen molar-refractivity contribution in [1.29, 1.82) is 0 Å². The summed E-state index contributed by atoms with van der Waals surface area (Å²) in [5, 5.41) is 4.14. The van der Waals surface area contributed by atoms with Gasteiger partial charge in [0.15, 0.2) is 6.23 Å². The number of hydrogen-bond donors (Lipinski definition) is 1. The van der Waals surface area contributed by atoms with E-state index >= 15 is 0 Å². The Morgan fingerprint density at radius 2 is 2.03 bits per heavy atom. The second-order valence-electron chi connectivity index (χ2n) is 10.2. The highest BCUT2D eigenvalue weighted by Gasteiger charge is 2.66. The van der Waals surface area contributed by atoms with Gasteiger partial charge in [0.2, 0.25) is 12.4 Å². The lowest BCUT2D eigenvalue weighted by Gasteiger charge is -2.38. The van der Waals surface area contributed by atoms with Crippen LogP contribution in [0.1, 0.15) is 58.7 Å². The Morgan fingerprint density at radius 1 is 1.32 bits per heavy atom. The first-order valence-electron chi connectivity index (χ1n) is 12.8. The molecule has 1 N–H and O–H groups in total. The Morgan fingerprint density at radius 3 is 2.61 bits per heavy atom. The number of rotatable bonds is 11. The van der Waals surface area contributed by atoms with Gasteiger partial charge in [0.1, 0.15) is 24.4 Å². The fourth-order valence-corrected chi connectivity index (χ4v) is 7.03. The molecule has 2 aliphatic rings. The number of aromatic nitrogens is 4. The minimum absolute atomic E-state index is 0.114. The SMILES string of the molecule is [C-]#[N+]CCOP(O[C@H]1[C@@H]2[C@H](n3cc(C)c(=O)[nH]c3=O)O[C@@]1(CC)CN2c1noc(C)n1)N(C(C)C)C(C)C. The molecule has 38 heavy (non-hydrogen) atoms. The smallest absolute Gasteiger partial charge is 0.330 e. The number of H-pyrrole nitrogens is 1. The molecule has 1 unspecified atom stereocenters. The summed E-state index contributed by atoms with van der Waals surface area (Å²) in [6.45, 7) is 21.7. The van der Waals surface area contributed by atoms with Crippen LogP contribution in [-0.4, -0.2) is 73.9 Å². The van der Waals surface area contributed by atoms with Gasteiger partial charge in [0.05, 0.1) is 6.54 Å². The quantitative estimate of drug-likeness (QED) is 0.253. The lowest BCUT2D eigenvalue weighted by atomic mass is 9.96. The Labute approximate surface area is 222 Å². The van der Waals surface area contributed by atoms with Crippen molar-refractivity contribution in [2.75, 3.05) is 24.6 Å². The van der Waals surface area contributed by atoms with Crippen molar-refractivity contribution < 1.29 is 18.3 Å². The predicted octanol–water partition coefficient (Wildman–Crippen LogP) is 2.77. The first-order chi connectivity index (χ1) is 18.0. The van der Waals surface area contributed by atoms with Gasteiger partial charge in [0, 0.05) is 30.8 Å². The summed E-state index contributed by atoms with van der Waals surface area (Å²) >= 11 is 0. The summed E-state index contributed by atoms with van der Waals surface area (Å²) in [5.41, 5.74) is -1.46. The summed E-state index contributed by atoms with van der Waals surface area (Å²) in [6, 6.07) is -0.295. The van der Waals surface area contributed by atoms with Crippen molar-refractivity contribution in [1.82, 2.24) is 24.4 Å². The molecule has 0 aliphatic carbocycles. The van der Waals surface area contributed by atoms with Gasteiger partial charge in [-0.15, -0.1) is 0 Å². The zero-order chi connectivity index (χ0) is 27.8. The van der Waals surface area contributed by atoms with Gasteiger partial charge in [-0.1, -0.05) is 6.92 Å². The minimum Gasteiger partial charge on any atom is -0.344 e. The van der Waals surface area contributed by atoms with E-state index in [0.29, 0.717) is 30.4 Å². The molecule has 2 aromatic heterocycles. The van der Waals surface area contributed by atoms with Gasteiger partial charge >= 0.3 is 5.69 Å². The van der Waals surface area contributed by atoms with Crippen molar-refractivity contribution in [3.8, 4) is 0 Å². The zero-order valence-electron chi connectivity index (χ0n) is 22.9. The molecule has 14 heteroatoms. The summed E-state index contributed by atoms with van der Waals surface area (Å²) in [7, 11) is -1.59. The van der Waals surface area contributed by atoms with Crippen LogP contribution in [0.15, 0.2) is 20.3 Å². The highest BCUT2D eigenvalue weighted by molar-refractivity contribution is 7.44. The Bertz CT molecular complexity index is 1280. The average molecular weight is 550 g/mol. The van der Waals surface area contributed by atoms with E-state index in [1.54, 1.807) is 13.8 Å². The normalized spacial score (nSPS) is 25.6. The molecule has 0 aromatic carbocycles. The molecule has 4 heterocycles. The fraction of sp³-hybridized carbons (Fsp3) is 0.708. The van der Waals surface area contributed by atoms with E-state index in [4.69, 9.17) is 24.9 Å². The number of ether oxygens (including phenoxy) is 1. The molecule has 2 saturated heterocycles. The second kappa shape index (κ2) is 11.2. The minimum atomic E-state index is -1.59. The molecule has 0 radical (unpaired) electrons. The molecule has 2 aromatic rings. The van der Waals surface area contributed by atoms with Crippen molar-refractivity contribution in [3.63, 3.8) is 0 Å². The molecule has 0 saturated carbocycles. The molecular weight excluding hydrogens is 513 g/mol. The van der Waals surface area contributed by atoms with Gasteiger partial charge in [0.25, 0.3) is 20.0 Å². The van der Waals surface area contributed by atoms with Crippen LogP contribution in [-0.2, 0) is 13.8 Å². The average Bonchev–Trinajstić information content (AvgIpc) is 3.51. The molecule has 4 rings (SSSR count). The van der Waals surface area contributed by atoms with Crippen molar-refractivity contribution in [2.24, 2.45) is 0 Å². The van der Waals surface area contributed by atoms with Crippen LogP contribution in [0.3, 0.4) is 0 Å². The number of anilines is 1. The maximum absolute atomic E-state index is 12.9. The topological polar surface area (TPSA) is 132 Å². The second-order valence-corrected chi connectivity index (χ2v) is 11.6. The lowest BCUT2D eigenvalue weighted by molar-refractivity contribution is -0.105. The number of hydrogen-bond acceptors (Lipinski definition) is 10. The van der Waals surface area contributed by atoms with E-state index in [2.05, 4.69) is 52.3 Å². The largest absolute Gasteiger partial charge is 0.344 e. The number of fused-ring (bicyclic) bond motifs is 2. The summed E-state index contributed by atoms with van der Waals surface area (Å²) < 4.78 is 28.5. The third-order valence-electron chi connectivity index (χ3n) is 6.92. The third-order valence-corrected chi connectivity index (χ3v) is 9.03. The summed E-state index contributed by atoms with van der Waals surface area (Å²) in [6.07, 6.45) is 0.761. The van der Waals surface area contributed by atoms with Gasteiger partial charge in [-0.05, 0) is 46.2 Å². The molecule has 13 nitrogen and oxygen atoms in total. The van der Waals surface area contributed by atoms with Crippen LogP contribution < -0.4 is 16.1 Å². The van der Waals surface area contributed by atoms with E-state index in [9.17, 15) is 9.59 Å². The molecule has 2 fully saturated rings. The molecule has 0 amide bonds. The van der Waals surface area contributed by atoms with E-state index in [-0.39, 0.29) is 25.2 Å². The van der Waals surface area contributed by atoms with Gasteiger partial charge in [-0.3, -0.25) is 14.3 Å². The van der Waals surface area contributed by atoms with E-state index in [1.165, 1.54) is 10.8 Å². The maximum atomic E-state index is 12.9. The maximum Gasteiger partial charge on any atom is 0.330 e. The number of nitrogens with one attached hydrogen (secondary N) is 1. The zero-order valence-corrected chi connectivity index (χ0v) is 23.8. The summed E-state index contributed by atoms with van der Waals surface area (Å²) in [4.78, 5) is 37.2. The standard InChI is InChI=1S/C24H36N7O6P/c1-9-24-13-30(22-26-17(7)36-28-22)18(21(35-24)29-12-16(6)20(32)27-23(29)33)19(24)37-38(34-11-10-25-8)31(14(2)3)15(4)5/h12,14-15,18-19,21H,9-11,13H2,1-7H3,(H,27,32,33)/t18-,19+,21-,24+,38?/m1/s1. The molecule has 2 bridgehead atoms. The first-order valence-corrected chi connectivity index (χ1v) is 13.9. The van der Waals surface area contributed by atoms with Crippen LogP contribution in [0.25, 0.3) is 4.85 Å². The van der Waals surface area contributed by atoms with E-state index < -0.39 is 43.7 Å². The highest BCUT2D eigenvalue weighted by atomic mass is 31.2. The van der Waals surface area contributed by atoms with Crippen LogP contribution >= 0.6 is 8.53 Å².